The third-order valence-electron chi connectivity index (χ3n) is 1.97. The highest BCUT2D eigenvalue weighted by Crippen LogP contribution is 2.37. The van der Waals surface area contributed by atoms with E-state index in [1.54, 1.807) is 7.11 Å². The number of ether oxygens (including phenoxy) is 1. The van der Waals surface area contributed by atoms with Crippen LogP contribution in [0.5, 0.6) is 0 Å². The predicted molar refractivity (Wildman–Crippen MR) is 44.7 cm³/mol. The van der Waals surface area contributed by atoms with Gasteiger partial charge in [0, 0.05) is 19.2 Å². The summed E-state index contributed by atoms with van der Waals surface area (Å²) in [5, 5.41) is 0. The molecule has 1 heterocycles. The largest absolute Gasteiger partial charge is 0.378 e. The van der Waals surface area contributed by atoms with Crippen molar-refractivity contribution in [1.82, 2.24) is 9.97 Å². The zero-order chi connectivity index (χ0) is 8.39. The smallest absolute Gasteiger partial charge is 0.131 e. The number of hydrogen-bond acceptors (Lipinski definition) is 3. The molecule has 3 heteroatoms. The number of hydrogen-bond donors (Lipinski definition) is 0. The van der Waals surface area contributed by atoms with Gasteiger partial charge in [0.25, 0.3) is 0 Å². The number of aromatic nitrogens is 2. The van der Waals surface area contributed by atoms with Crippen LogP contribution in [-0.4, -0.2) is 17.1 Å². The first-order chi connectivity index (χ1) is 5.90. The van der Waals surface area contributed by atoms with E-state index in [9.17, 15) is 0 Å². The molecule has 0 saturated heterocycles. The molecule has 0 unspecified atom stereocenters. The van der Waals surface area contributed by atoms with Gasteiger partial charge in [-0.15, -0.1) is 0 Å². The lowest BCUT2D eigenvalue weighted by atomic mass is 10.3. The van der Waals surface area contributed by atoms with Gasteiger partial charge in [-0.25, -0.2) is 9.97 Å². The Balaban J connectivity index is 2.15. The van der Waals surface area contributed by atoms with Crippen molar-refractivity contribution in [3.05, 3.63) is 23.8 Å². The second kappa shape index (κ2) is 3.19. The Bertz CT molecular complexity index is 271. The molecule has 0 spiro atoms. The van der Waals surface area contributed by atoms with E-state index in [0.29, 0.717) is 12.5 Å². The molecule has 2 rings (SSSR count). The van der Waals surface area contributed by atoms with Crippen LogP contribution in [0.2, 0.25) is 0 Å². The van der Waals surface area contributed by atoms with E-state index < -0.39 is 0 Å². The van der Waals surface area contributed by atoms with E-state index in [-0.39, 0.29) is 0 Å². The average Bonchev–Trinajstić information content (AvgIpc) is 2.88. The fourth-order valence-electron chi connectivity index (χ4n) is 1.18. The molecule has 1 aromatic heterocycles. The molecule has 64 valence electrons. The van der Waals surface area contributed by atoms with E-state index >= 15 is 0 Å². The molecular formula is C9H12N2O. The molecular weight excluding hydrogens is 152 g/mol. The summed E-state index contributed by atoms with van der Waals surface area (Å²) in [6.45, 7) is 0.586. The van der Waals surface area contributed by atoms with E-state index in [0.717, 1.165) is 11.5 Å². The van der Waals surface area contributed by atoms with Gasteiger partial charge in [-0.1, -0.05) is 0 Å². The minimum atomic E-state index is 0.586. The van der Waals surface area contributed by atoms with Crippen LogP contribution < -0.4 is 0 Å². The van der Waals surface area contributed by atoms with Crippen molar-refractivity contribution in [1.29, 1.82) is 0 Å². The van der Waals surface area contributed by atoms with Gasteiger partial charge < -0.3 is 4.74 Å². The molecule has 0 aromatic carbocycles. The van der Waals surface area contributed by atoms with E-state index in [2.05, 4.69) is 9.97 Å². The molecule has 0 atom stereocenters. The van der Waals surface area contributed by atoms with Crippen LogP contribution >= 0.6 is 0 Å². The Morgan fingerprint density at radius 2 is 2.42 bits per heavy atom. The Labute approximate surface area is 71.8 Å². The Kier molecular flexibility index (Phi) is 2.04. The zero-order valence-electron chi connectivity index (χ0n) is 7.16. The number of rotatable bonds is 3. The van der Waals surface area contributed by atoms with Crippen molar-refractivity contribution < 1.29 is 4.74 Å². The van der Waals surface area contributed by atoms with Gasteiger partial charge in [0.15, 0.2) is 0 Å². The zero-order valence-corrected chi connectivity index (χ0v) is 7.16. The molecule has 1 aromatic rings. The molecule has 0 bridgehead atoms. The maximum absolute atomic E-state index is 4.99. The van der Waals surface area contributed by atoms with Crippen molar-refractivity contribution in [2.45, 2.75) is 25.4 Å². The highest BCUT2D eigenvalue weighted by Gasteiger charge is 2.26. The molecule has 1 aliphatic rings. The van der Waals surface area contributed by atoms with Crippen molar-refractivity contribution in [2.75, 3.05) is 7.11 Å². The third kappa shape index (κ3) is 1.61. The fraction of sp³-hybridized carbons (Fsp3) is 0.556. The van der Waals surface area contributed by atoms with Gasteiger partial charge >= 0.3 is 0 Å². The molecule has 3 nitrogen and oxygen atoms in total. The monoisotopic (exact) mass is 164 g/mol. The fourth-order valence-corrected chi connectivity index (χ4v) is 1.18. The van der Waals surface area contributed by atoms with Crippen molar-refractivity contribution >= 4 is 0 Å². The summed E-state index contributed by atoms with van der Waals surface area (Å²) in [6.07, 6.45) is 4.31. The van der Waals surface area contributed by atoms with Crippen molar-refractivity contribution in [2.24, 2.45) is 0 Å². The van der Waals surface area contributed by atoms with Gasteiger partial charge in [-0.3, -0.25) is 0 Å². The molecule has 1 saturated carbocycles. The Morgan fingerprint density at radius 3 is 3.08 bits per heavy atom. The summed E-state index contributed by atoms with van der Waals surface area (Å²) in [5.74, 6) is 1.62. The molecule has 0 aliphatic heterocycles. The van der Waals surface area contributed by atoms with Gasteiger partial charge in [-0.05, 0) is 18.9 Å². The summed E-state index contributed by atoms with van der Waals surface area (Å²) >= 11 is 0. The van der Waals surface area contributed by atoms with Crippen LogP contribution in [0.3, 0.4) is 0 Å². The summed E-state index contributed by atoms with van der Waals surface area (Å²) in [6, 6.07) is 1.90. The van der Waals surface area contributed by atoms with Crippen LogP contribution in [0.1, 0.15) is 30.3 Å². The highest BCUT2D eigenvalue weighted by atomic mass is 16.5. The summed E-state index contributed by atoms with van der Waals surface area (Å²) < 4.78 is 4.99. The lowest BCUT2D eigenvalue weighted by Crippen LogP contribution is -1.98. The summed E-state index contributed by atoms with van der Waals surface area (Å²) in [5.41, 5.74) is 0.981. The molecule has 12 heavy (non-hydrogen) atoms. The maximum atomic E-state index is 4.99. The van der Waals surface area contributed by atoms with Gasteiger partial charge in [-0.2, -0.15) is 0 Å². The van der Waals surface area contributed by atoms with Crippen LogP contribution in [-0.2, 0) is 11.3 Å². The average molecular weight is 164 g/mol. The third-order valence-corrected chi connectivity index (χ3v) is 1.97. The van der Waals surface area contributed by atoms with Crippen molar-refractivity contribution in [3.8, 4) is 0 Å². The Morgan fingerprint density at radius 1 is 1.58 bits per heavy atom. The number of nitrogens with zero attached hydrogens (tertiary/aromatic N) is 2. The first-order valence-corrected chi connectivity index (χ1v) is 4.21. The van der Waals surface area contributed by atoms with Crippen molar-refractivity contribution in [3.63, 3.8) is 0 Å². The Hall–Kier alpha value is -0.960. The van der Waals surface area contributed by atoms with Crippen LogP contribution in [0.4, 0.5) is 0 Å². The van der Waals surface area contributed by atoms with E-state index in [1.807, 2.05) is 12.3 Å². The summed E-state index contributed by atoms with van der Waals surface area (Å²) in [4.78, 5) is 8.61. The number of methoxy groups -OCH3 is 1. The predicted octanol–water partition coefficient (Wildman–Crippen LogP) is 1.50. The van der Waals surface area contributed by atoms with Gasteiger partial charge in [0.05, 0.1) is 12.3 Å². The van der Waals surface area contributed by atoms with E-state index in [1.165, 1.54) is 12.8 Å². The van der Waals surface area contributed by atoms with Crippen LogP contribution in [0, 0.1) is 0 Å². The van der Waals surface area contributed by atoms with Crippen LogP contribution in [0.25, 0.3) is 0 Å². The molecule has 0 N–H and O–H groups in total. The lowest BCUT2D eigenvalue weighted by molar-refractivity contribution is 0.181. The summed E-state index contributed by atoms with van der Waals surface area (Å²) in [7, 11) is 1.68. The molecule has 0 amide bonds. The molecule has 1 aliphatic carbocycles. The van der Waals surface area contributed by atoms with Gasteiger partial charge in [0.1, 0.15) is 5.82 Å². The lowest BCUT2D eigenvalue weighted by Gasteiger charge is -2.00. The first kappa shape index (κ1) is 7.68. The molecule has 1 fully saturated rings. The van der Waals surface area contributed by atoms with Crippen LogP contribution in [0.15, 0.2) is 12.3 Å². The maximum Gasteiger partial charge on any atom is 0.131 e. The quantitative estimate of drug-likeness (QED) is 0.679. The standard InChI is InChI=1S/C9H12N2O/c1-12-6-8-4-5-10-9(11-8)7-2-3-7/h4-5,7H,2-3,6H2,1H3. The minimum Gasteiger partial charge on any atom is -0.378 e. The second-order valence-electron chi connectivity index (χ2n) is 3.11. The highest BCUT2D eigenvalue weighted by molar-refractivity contribution is 5.09. The topological polar surface area (TPSA) is 35.0 Å². The SMILES string of the molecule is COCc1ccnc(C2CC2)n1. The second-order valence-corrected chi connectivity index (χ2v) is 3.11. The first-order valence-electron chi connectivity index (χ1n) is 4.21. The minimum absolute atomic E-state index is 0.586. The van der Waals surface area contributed by atoms with Gasteiger partial charge in [0.2, 0.25) is 0 Å². The van der Waals surface area contributed by atoms with E-state index in [4.69, 9.17) is 4.74 Å². The molecule has 0 radical (unpaired) electrons. The normalized spacial score (nSPS) is 16.4.